The predicted molar refractivity (Wildman–Crippen MR) is 83.2 cm³/mol. The molecule has 0 unspecified atom stereocenters. The monoisotopic (exact) mass is 325 g/mol. The van der Waals surface area contributed by atoms with Gasteiger partial charge in [-0.05, 0) is 29.8 Å². The lowest BCUT2D eigenvalue weighted by Gasteiger charge is -2.11. The lowest BCUT2D eigenvalue weighted by molar-refractivity contribution is 0.302. The maximum atomic E-state index is 8.67. The first-order valence-corrected chi connectivity index (χ1v) is 6.82. The minimum absolute atomic E-state index is 0.302. The van der Waals surface area contributed by atoms with Crippen LogP contribution in [0.1, 0.15) is 11.1 Å². The molecule has 0 bridgehead atoms. The van der Waals surface area contributed by atoms with Crippen LogP contribution in [0.25, 0.3) is 0 Å². The van der Waals surface area contributed by atoms with E-state index in [0.717, 1.165) is 5.56 Å². The molecular formula is C15H13Cl2NO3. The van der Waals surface area contributed by atoms with Crippen molar-refractivity contribution in [2.24, 2.45) is 5.16 Å². The molecule has 110 valence electrons. The van der Waals surface area contributed by atoms with Gasteiger partial charge in [0.1, 0.15) is 18.1 Å². The summed E-state index contributed by atoms with van der Waals surface area (Å²) in [5.74, 6) is 1.19. The number of methoxy groups -OCH3 is 1. The smallest absolute Gasteiger partial charge is 0.132 e. The SMILES string of the molecule is COc1ccc(/C=N/O)c(OCc2ccc(Cl)c(Cl)c2)c1. The molecule has 0 aromatic heterocycles. The van der Waals surface area contributed by atoms with Gasteiger partial charge in [0.25, 0.3) is 0 Å². The highest BCUT2D eigenvalue weighted by Gasteiger charge is 2.06. The lowest BCUT2D eigenvalue weighted by Crippen LogP contribution is -1.99. The van der Waals surface area contributed by atoms with Crippen molar-refractivity contribution >= 4 is 29.4 Å². The maximum absolute atomic E-state index is 8.67. The molecule has 4 nitrogen and oxygen atoms in total. The van der Waals surface area contributed by atoms with Crippen LogP contribution in [-0.4, -0.2) is 18.5 Å². The third-order valence-electron chi connectivity index (χ3n) is 2.80. The van der Waals surface area contributed by atoms with E-state index in [1.54, 1.807) is 37.4 Å². The van der Waals surface area contributed by atoms with Crippen molar-refractivity contribution in [1.82, 2.24) is 0 Å². The van der Waals surface area contributed by atoms with Crippen LogP contribution in [0.2, 0.25) is 10.0 Å². The van der Waals surface area contributed by atoms with E-state index >= 15 is 0 Å². The molecule has 0 fully saturated rings. The Morgan fingerprint density at radius 2 is 1.95 bits per heavy atom. The average molecular weight is 326 g/mol. The summed E-state index contributed by atoms with van der Waals surface area (Å²) in [6.07, 6.45) is 1.30. The highest BCUT2D eigenvalue weighted by molar-refractivity contribution is 6.42. The van der Waals surface area contributed by atoms with Crippen molar-refractivity contribution in [3.8, 4) is 11.5 Å². The van der Waals surface area contributed by atoms with E-state index in [2.05, 4.69) is 5.16 Å². The molecular weight excluding hydrogens is 313 g/mol. The number of benzene rings is 2. The molecule has 0 aliphatic heterocycles. The van der Waals surface area contributed by atoms with E-state index in [1.807, 2.05) is 6.07 Å². The normalized spacial score (nSPS) is 10.8. The summed E-state index contributed by atoms with van der Waals surface area (Å²) in [7, 11) is 1.57. The summed E-state index contributed by atoms with van der Waals surface area (Å²) in [6, 6.07) is 10.5. The van der Waals surface area contributed by atoms with Gasteiger partial charge >= 0.3 is 0 Å². The zero-order valence-electron chi connectivity index (χ0n) is 11.2. The van der Waals surface area contributed by atoms with Crippen LogP contribution < -0.4 is 9.47 Å². The Labute approximate surface area is 132 Å². The molecule has 0 amide bonds. The van der Waals surface area contributed by atoms with Gasteiger partial charge in [0.05, 0.1) is 23.4 Å². The van der Waals surface area contributed by atoms with E-state index in [1.165, 1.54) is 6.21 Å². The minimum Gasteiger partial charge on any atom is -0.497 e. The van der Waals surface area contributed by atoms with Gasteiger partial charge in [-0.3, -0.25) is 0 Å². The quantitative estimate of drug-likeness (QED) is 0.504. The van der Waals surface area contributed by atoms with E-state index in [-0.39, 0.29) is 0 Å². The van der Waals surface area contributed by atoms with Gasteiger partial charge in [-0.2, -0.15) is 0 Å². The lowest BCUT2D eigenvalue weighted by atomic mass is 10.2. The summed E-state index contributed by atoms with van der Waals surface area (Å²) >= 11 is 11.8. The van der Waals surface area contributed by atoms with Crippen LogP contribution >= 0.6 is 23.2 Å². The van der Waals surface area contributed by atoms with Crippen LogP contribution in [0.15, 0.2) is 41.6 Å². The predicted octanol–water partition coefficient (Wildman–Crippen LogP) is 4.39. The molecule has 0 saturated heterocycles. The van der Waals surface area contributed by atoms with Gasteiger partial charge in [0.2, 0.25) is 0 Å². The largest absolute Gasteiger partial charge is 0.497 e. The van der Waals surface area contributed by atoms with E-state index in [9.17, 15) is 0 Å². The van der Waals surface area contributed by atoms with Gasteiger partial charge in [-0.1, -0.05) is 34.4 Å². The fourth-order valence-corrected chi connectivity index (χ4v) is 2.05. The Bertz CT molecular complexity index is 659. The topological polar surface area (TPSA) is 51.0 Å². The van der Waals surface area contributed by atoms with Crippen LogP contribution in [0, 0.1) is 0 Å². The van der Waals surface area contributed by atoms with E-state index < -0.39 is 0 Å². The molecule has 6 heteroatoms. The molecule has 0 aliphatic rings. The molecule has 0 saturated carbocycles. The van der Waals surface area contributed by atoms with Gasteiger partial charge in [-0.25, -0.2) is 0 Å². The Hall–Kier alpha value is -1.91. The molecule has 0 atom stereocenters. The molecule has 2 aromatic carbocycles. The number of nitrogens with zero attached hydrogens (tertiary/aromatic N) is 1. The van der Waals surface area contributed by atoms with Crippen molar-refractivity contribution in [2.75, 3.05) is 7.11 Å². The van der Waals surface area contributed by atoms with Crippen LogP contribution in [0.4, 0.5) is 0 Å². The molecule has 21 heavy (non-hydrogen) atoms. The van der Waals surface area contributed by atoms with Crippen molar-refractivity contribution < 1.29 is 14.7 Å². The summed E-state index contributed by atoms with van der Waals surface area (Å²) in [5.41, 5.74) is 1.51. The van der Waals surface area contributed by atoms with Crippen molar-refractivity contribution in [3.05, 3.63) is 57.6 Å². The summed E-state index contributed by atoms with van der Waals surface area (Å²) in [4.78, 5) is 0. The van der Waals surface area contributed by atoms with Gasteiger partial charge in [0.15, 0.2) is 0 Å². The second-order valence-electron chi connectivity index (χ2n) is 4.19. The van der Waals surface area contributed by atoms with Gasteiger partial charge < -0.3 is 14.7 Å². The minimum atomic E-state index is 0.302. The highest BCUT2D eigenvalue weighted by atomic mass is 35.5. The van der Waals surface area contributed by atoms with E-state index in [0.29, 0.717) is 33.7 Å². The Kier molecular flexibility index (Phi) is 5.31. The third-order valence-corrected chi connectivity index (χ3v) is 3.53. The second-order valence-corrected chi connectivity index (χ2v) is 5.00. The maximum Gasteiger partial charge on any atom is 0.132 e. The molecule has 0 heterocycles. The first-order chi connectivity index (χ1) is 10.1. The zero-order chi connectivity index (χ0) is 15.2. The first-order valence-electron chi connectivity index (χ1n) is 6.06. The van der Waals surface area contributed by atoms with Gasteiger partial charge in [0, 0.05) is 11.6 Å². The molecule has 2 aromatic rings. The van der Waals surface area contributed by atoms with Crippen LogP contribution in [-0.2, 0) is 6.61 Å². The summed E-state index contributed by atoms with van der Waals surface area (Å²) in [6.45, 7) is 0.302. The molecule has 0 aliphatic carbocycles. The number of hydrogen-bond donors (Lipinski definition) is 1. The Morgan fingerprint density at radius 1 is 1.14 bits per heavy atom. The van der Waals surface area contributed by atoms with Crippen molar-refractivity contribution in [3.63, 3.8) is 0 Å². The summed E-state index contributed by atoms with van der Waals surface area (Å²) in [5, 5.41) is 12.7. The van der Waals surface area contributed by atoms with Crippen LogP contribution in [0.3, 0.4) is 0 Å². The third kappa shape index (κ3) is 4.03. The summed E-state index contributed by atoms with van der Waals surface area (Å²) < 4.78 is 10.9. The van der Waals surface area contributed by atoms with E-state index in [4.69, 9.17) is 37.9 Å². The van der Waals surface area contributed by atoms with Crippen molar-refractivity contribution in [1.29, 1.82) is 0 Å². The van der Waals surface area contributed by atoms with Crippen molar-refractivity contribution in [2.45, 2.75) is 6.61 Å². The number of halogens is 2. The number of oxime groups is 1. The molecule has 2 rings (SSSR count). The molecule has 0 spiro atoms. The Morgan fingerprint density at radius 3 is 2.62 bits per heavy atom. The molecule has 0 radical (unpaired) electrons. The zero-order valence-corrected chi connectivity index (χ0v) is 12.7. The number of rotatable bonds is 5. The number of ether oxygens (including phenoxy) is 2. The fourth-order valence-electron chi connectivity index (χ4n) is 1.73. The van der Waals surface area contributed by atoms with Gasteiger partial charge in [-0.15, -0.1) is 0 Å². The standard InChI is InChI=1S/C15H13Cl2NO3/c1-20-12-4-3-11(8-18-19)15(7-12)21-9-10-2-5-13(16)14(17)6-10/h2-8,19H,9H2,1H3/b18-8+. The fraction of sp³-hybridized carbons (Fsp3) is 0.133. The second kappa shape index (κ2) is 7.20. The first kappa shape index (κ1) is 15.5. The average Bonchev–Trinajstić information content (AvgIpc) is 2.50. The highest BCUT2D eigenvalue weighted by Crippen LogP contribution is 2.26. The molecule has 1 N–H and O–H groups in total. The number of hydrogen-bond acceptors (Lipinski definition) is 4. The Balaban J connectivity index is 2.19. The van der Waals surface area contributed by atoms with Crippen LogP contribution in [0.5, 0.6) is 11.5 Å².